The van der Waals surface area contributed by atoms with Crippen LogP contribution in [0, 0.1) is 0 Å². The van der Waals surface area contributed by atoms with Crippen molar-refractivity contribution in [3.8, 4) is 17.1 Å². The third-order valence-electron chi connectivity index (χ3n) is 3.48. The fraction of sp³-hybridized carbons (Fsp3) is 0.167. The second kappa shape index (κ2) is 5.17. The molecule has 0 fully saturated rings. The van der Waals surface area contributed by atoms with Crippen molar-refractivity contribution in [1.29, 1.82) is 0 Å². The van der Waals surface area contributed by atoms with Gasteiger partial charge in [0, 0.05) is 23.6 Å². The molecule has 1 aromatic heterocycles. The van der Waals surface area contributed by atoms with Gasteiger partial charge in [-0.3, -0.25) is 4.57 Å². The highest BCUT2D eigenvalue weighted by Crippen LogP contribution is 2.34. The van der Waals surface area contributed by atoms with E-state index in [0.717, 1.165) is 17.1 Å². The molecule has 0 atom stereocenters. The van der Waals surface area contributed by atoms with Gasteiger partial charge >= 0.3 is 0 Å². The molecule has 0 N–H and O–H groups in total. The van der Waals surface area contributed by atoms with E-state index in [1.807, 2.05) is 65.4 Å². The van der Waals surface area contributed by atoms with Crippen molar-refractivity contribution in [2.75, 3.05) is 0 Å². The van der Waals surface area contributed by atoms with Crippen molar-refractivity contribution in [2.45, 2.75) is 19.5 Å². The van der Waals surface area contributed by atoms with Crippen LogP contribution < -0.4 is 0 Å². The van der Waals surface area contributed by atoms with Gasteiger partial charge in [-0.1, -0.05) is 42.5 Å². The maximum Gasteiger partial charge on any atom is 0.144 e. The minimum absolute atomic E-state index is 0.647. The monoisotopic (exact) mass is 280 g/mol. The molecule has 3 rings (SSSR count). The minimum atomic E-state index is -1.41. The Bertz CT molecular complexity index is 739. The van der Waals surface area contributed by atoms with Gasteiger partial charge in [0.2, 0.25) is 0 Å². The topological polar surface area (TPSA) is 17.8 Å². The van der Waals surface area contributed by atoms with E-state index in [1.165, 1.54) is 0 Å². The number of alkyl halides is 1. The number of imidazole rings is 1. The highest BCUT2D eigenvalue weighted by atomic mass is 19.1. The predicted molar refractivity (Wildman–Crippen MR) is 83.1 cm³/mol. The summed E-state index contributed by atoms with van der Waals surface area (Å²) < 4.78 is 16.4. The third kappa shape index (κ3) is 2.59. The molecule has 2 nitrogen and oxygen atoms in total. The van der Waals surface area contributed by atoms with E-state index >= 15 is 0 Å². The summed E-state index contributed by atoms with van der Waals surface area (Å²) in [4.78, 5) is 4.43. The van der Waals surface area contributed by atoms with Crippen LogP contribution in [0.2, 0.25) is 0 Å². The molecule has 106 valence electrons. The van der Waals surface area contributed by atoms with Crippen LogP contribution >= 0.6 is 0 Å². The van der Waals surface area contributed by atoms with Crippen molar-refractivity contribution in [2.24, 2.45) is 0 Å². The molecule has 0 aliphatic carbocycles. The molecule has 0 unspecified atom stereocenters. The van der Waals surface area contributed by atoms with Gasteiger partial charge in [0.05, 0.1) is 0 Å². The smallest absolute Gasteiger partial charge is 0.144 e. The first-order valence-corrected chi connectivity index (χ1v) is 6.95. The summed E-state index contributed by atoms with van der Waals surface area (Å²) in [6, 6.07) is 17.4. The number of benzene rings is 2. The normalized spacial score (nSPS) is 11.6. The van der Waals surface area contributed by atoms with Crippen LogP contribution in [0.5, 0.6) is 0 Å². The van der Waals surface area contributed by atoms with Gasteiger partial charge in [0.1, 0.15) is 11.5 Å². The van der Waals surface area contributed by atoms with Gasteiger partial charge in [0.15, 0.2) is 0 Å². The molecular weight excluding hydrogens is 263 g/mol. The Hall–Kier alpha value is -2.42. The molecule has 2 aromatic carbocycles. The van der Waals surface area contributed by atoms with E-state index in [4.69, 9.17) is 0 Å². The van der Waals surface area contributed by atoms with E-state index in [1.54, 1.807) is 20.0 Å². The molecule has 0 aliphatic rings. The van der Waals surface area contributed by atoms with Gasteiger partial charge in [0.25, 0.3) is 0 Å². The van der Waals surface area contributed by atoms with E-state index in [9.17, 15) is 4.39 Å². The molecule has 0 aliphatic heterocycles. The fourth-order valence-corrected chi connectivity index (χ4v) is 2.50. The Balaban J connectivity index is 2.18. The van der Waals surface area contributed by atoms with Crippen LogP contribution in [0.15, 0.2) is 67.0 Å². The Morgan fingerprint density at radius 3 is 2.33 bits per heavy atom. The predicted octanol–water partition coefficient (Wildman–Crippen LogP) is 4.74. The molecule has 0 spiro atoms. The summed E-state index contributed by atoms with van der Waals surface area (Å²) in [5.74, 6) is 0.752. The Morgan fingerprint density at radius 2 is 1.62 bits per heavy atom. The number of halogens is 1. The molecule has 0 bridgehead atoms. The van der Waals surface area contributed by atoms with E-state index in [-0.39, 0.29) is 0 Å². The molecule has 3 heteroatoms. The first-order valence-electron chi connectivity index (χ1n) is 6.95. The first-order chi connectivity index (χ1) is 10.1. The molecule has 3 aromatic rings. The summed E-state index contributed by atoms with van der Waals surface area (Å²) in [6.45, 7) is 3.14. The molecule has 0 saturated heterocycles. The lowest BCUT2D eigenvalue weighted by Gasteiger charge is -2.19. The van der Waals surface area contributed by atoms with Crippen molar-refractivity contribution in [3.63, 3.8) is 0 Å². The quantitative estimate of drug-likeness (QED) is 0.677. The summed E-state index contributed by atoms with van der Waals surface area (Å²) >= 11 is 0. The lowest BCUT2D eigenvalue weighted by Crippen LogP contribution is -2.12. The van der Waals surface area contributed by atoms with E-state index < -0.39 is 5.67 Å². The zero-order valence-corrected chi connectivity index (χ0v) is 12.1. The lowest BCUT2D eigenvalue weighted by molar-refractivity contribution is 0.222. The van der Waals surface area contributed by atoms with Gasteiger partial charge in [-0.15, -0.1) is 0 Å². The van der Waals surface area contributed by atoms with Crippen LogP contribution in [0.3, 0.4) is 0 Å². The van der Waals surface area contributed by atoms with Crippen LogP contribution in [0.4, 0.5) is 4.39 Å². The second-order valence-corrected chi connectivity index (χ2v) is 5.47. The fourth-order valence-electron chi connectivity index (χ4n) is 2.50. The summed E-state index contributed by atoms with van der Waals surface area (Å²) in [7, 11) is 0. The van der Waals surface area contributed by atoms with Crippen LogP contribution in [-0.2, 0) is 5.67 Å². The maximum atomic E-state index is 14.5. The molecule has 1 heterocycles. The Morgan fingerprint density at radius 1 is 0.952 bits per heavy atom. The summed E-state index contributed by atoms with van der Waals surface area (Å²) in [5.41, 5.74) is 1.06. The number of hydrogen-bond acceptors (Lipinski definition) is 1. The minimum Gasteiger partial charge on any atom is -0.300 e. The highest BCUT2D eigenvalue weighted by molar-refractivity contribution is 5.64. The van der Waals surface area contributed by atoms with Crippen molar-refractivity contribution >= 4 is 0 Å². The Kier molecular flexibility index (Phi) is 3.34. The highest BCUT2D eigenvalue weighted by Gasteiger charge is 2.24. The SMILES string of the molecule is CC(C)(F)c1ccccc1-c1nccn1-c1ccccc1. The van der Waals surface area contributed by atoms with E-state index in [2.05, 4.69) is 4.98 Å². The number of aromatic nitrogens is 2. The van der Waals surface area contributed by atoms with Gasteiger partial charge < -0.3 is 0 Å². The maximum absolute atomic E-state index is 14.5. The second-order valence-electron chi connectivity index (χ2n) is 5.47. The summed E-state index contributed by atoms with van der Waals surface area (Å²) in [6.07, 6.45) is 3.64. The number of rotatable bonds is 3. The van der Waals surface area contributed by atoms with Crippen molar-refractivity contribution in [1.82, 2.24) is 9.55 Å². The molecule has 0 saturated carbocycles. The largest absolute Gasteiger partial charge is 0.300 e. The van der Waals surface area contributed by atoms with Gasteiger partial charge in [-0.2, -0.15) is 0 Å². The zero-order valence-electron chi connectivity index (χ0n) is 12.1. The summed E-state index contributed by atoms with van der Waals surface area (Å²) in [5, 5.41) is 0. The van der Waals surface area contributed by atoms with Gasteiger partial charge in [-0.05, 0) is 31.5 Å². The average Bonchev–Trinajstić information content (AvgIpc) is 2.96. The average molecular weight is 280 g/mol. The Labute approximate surface area is 123 Å². The number of para-hydroxylation sites is 1. The van der Waals surface area contributed by atoms with Gasteiger partial charge in [-0.25, -0.2) is 9.37 Å². The molecule has 21 heavy (non-hydrogen) atoms. The molecule has 0 amide bonds. The van der Waals surface area contributed by atoms with Crippen LogP contribution in [-0.4, -0.2) is 9.55 Å². The van der Waals surface area contributed by atoms with Crippen molar-refractivity contribution < 1.29 is 4.39 Å². The van der Waals surface area contributed by atoms with Crippen LogP contribution in [0.25, 0.3) is 17.1 Å². The van der Waals surface area contributed by atoms with Crippen LogP contribution in [0.1, 0.15) is 19.4 Å². The molecular formula is C18H17FN2. The first kappa shape index (κ1) is 13.6. The van der Waals surface area contributed by atoms with Crippen molar-refractivity contribution in [3.05, 3.63) is 72.6 Å². The number of nitrogens with zero attached hydrogens (tertiary/aromatic N) is 2. The third-order valence-corrected chi connectivity index (χ3v) is 3.48. The molecule has 0 radical (unpaired) electrons. The lowest BCUT2D eigenvalue weighted by atomic mass is 9.94. The number of hydrogen-bond donors (Lipinski definition) is 0. The standard InChI is InChI=1S/C18H17FN2/c1-18(2,19)16-11-7-6-10-15(16)17-20-12-13-21(17)14-8-4-3-5-9-14/h3-13H,1-2H3. The van der Waals surface area contributed by atoms with E-state index in [0.29, 0.717) is 5.56 Å². The zero-order chi connectivity index (χ0) is 14.9.